The summed E-state index contributed by atoms with van der Waals surface area (Å²) in [5, 5.41) is 0. The Morgan fingerprint density at radius 2 is 2.10 bits per heavy atom. The number of hydrogen-bond donors (Lipinski definition) is 1. The van der Waals surface area contributed by atoms with E-state index in [9.17, 15) is 0 Å². The Balaban J connectivity index is 1.92. The van der Waals surface area contributed by atoms with Gasteiger partial charge in [-0.15, -0.1) is 0 Å². The molecule has 0 aromatic carbocycles. The highest BCUT2D eigenvalue weighted by Gasteiger charge is 2.13. The Kier molecular flexibility index (Phi) is 6.00. The van der Waals surface area contributed by atoms with Crippen LogP contribution in [-0.4, -0.2) is 49.2 Å². The maximum Gasteiger partial charge on any atom is 0.131 e. The van der Waals surface area contributed by atoms with Gasteiger partial charge in [0.25, 0.3) is 0 Å². The van der Waals surface area contributed by atoms with Crippen molar-refractivity contribution >= 4 is 5.82 Å². The summed E-state index contributed by atoms with van der Waals surface area (Å²) in [4.78, 5) is 9.48. The molecule has 1 fully saturated rings. The van der Waals surface area contributed by atoms with Crippen molar-refractivity contribution in [3.05, 3.63) is 23.4 Å². The van der Waals surface area contributed by atoms with Crippen molar-refractivity contribution in [1.29, 1.82) is 0 Å². The molecule has 2 N–H and O–H groups in total. The molecule has 118 valence electrons. The van der Waals surface area contributed by atoms with Crippen molar-refractivity contribution in [2.45, 2.75) is 45.6 Å². The van der Waals surface area contributed by atoms with Crippen LogP contribution in [0.25, 0.3) is 0 Å². The Hall–Kier alpha value is -1.13. The van der Waals surface area contributed by atoms with E-state index >= 15 is 0 Å². The molecular formula is C17H30N4. The lowest BCUT2D eigenvalue weighted by Crippen LogP contribution is -2.32. The zero-order valence-electron chi connectivity index (χ0n) is 13.8. The number of likely N-dealkylation sites (N-methyl/N-ethyl adjacent to an activating group) is 1. The molecule has 4 heteroatoms. The lowest BCUT2D eigenvalue weighted by Gasteiger charge is -2.24. The fourth-order valence-corrected chi connectivity index (χ4v) is 2.99. The largest absolute Gasteiger partial charge is 0.358 e. The highest BCUT2D eigenvalue weighted by molar-refractivity contribution is 5.46. The summed E-state index contributed by atoms with van der Waals surface area (Å²) < 4.78 is 0. The van der Waals surface area contributed by atoms with Gasteiger partial charge in [-0.3, -0.25) is 0 Å². The van der Waals surface area contributed by atoms with Gasteiger partial charge in [0.2, 0.25) is 0 Å². The number of aromatic nitrogens is 1. The molecule has 2 rings (SSSR count). The molecule has 0 amide bonds. The highest BCUT2D eigenvalue weighted by Crippen LogP contribution is 2.18. The van der Waals surface area contributed by atoms with Gasteiger partial charge in [-0.05, 0) is 56.8 Å². The summed E-state index contributed by atoms with van der Waals surface area (Å²) >= 11 is 0. The number of nitrogens with two attached hydrogens (primary N) is 1. The average Bonchev–Trinajstić information content (AvgIpc) is 2.98. The number of rotatable bonds is 7. The van der Waals surface area contributed by atoms with Crippen LogP contribution in [0.1, 0.15) is 37.3 Å². The van der Waals surface area contributed by atoms with E-state index in [-0.39, 0.29) is 6.04 Å². The number of pyridine rings is 1. The van der Waals surface area contributed by atoms with Crippen LogP contribution in [0.15, 0.2) is 12.3 Å². The van der Waals surface area contributed by atoms with E-state index < -0.39 is 0 Å². The third-order valence-electron chi connectivity index (χ3n) is 4.44. The number of likely N-dealkylation sites (tertiary alicyclic amines) is 1. The van der Waals surface area contributed by atoms with Crippen molar-refractivity contribution in [1.82, 2.24) is 9.88 Å². The van der Waals surface area contributed by atoms with Gasteiger partial charge in [0.05, 0.1) is 0 Å². The van der Waals surface area contributed by atoms with E-state index in [0.717, 1.165) is 31.7 Å². The van der Waals surface area contributed by atoms with Gasteiger partial charge >= 0.3 is 0 Å². The summed E-state index contributed by atoms with van der Waals surface area (Å²) in [6.45, 7) is 8.98. The lowest BCUT2D eigenvalue weighted by molar-refractivity contribution is 0.346. The van der Waals surface area contributed by atoms with Gasteiger partial charge in [-0.2, -0.15) is 0 Å². The standard InChI is InChI=1S/C17H30N4/c1-4-16(18)12-15-11-14(2)17(19-13-15)20(3)9-10-21-7-5-6-8-21/h11,13,16H,4-10,12,18H2,1-3H3. The third kappa shape index (κ3) is 4.68. The summed E-state index contributed by atoms with van der Waals surface area (Å²) in [7, 11) is 2.14. The van der Waals surface area contributed by atoms with E-state index in [0.29, 0.717) is 0 Å². The predicted octanol–water partition coefficient (Wildman–Crippen LogP) is 2.20. The fraction of sp³-hybridized carbons (Fsp3) is 0.706. The minimum Gasteiger partial charge on any atom is -0.358 e. The minimum atomic E-state index is 0.241. The zero-order chi connectivity index (χ0) is 15.2. The molecule has 1 atom stereocenters. The first kappa shape index (κ1) is 16.2. The van der Waals surface area contributed by atoms with Crippen LogP contribution >= 0.6 is 0 Å². The second kappa shape index (κ2) is 7.76. The fourth-order valence-electron chi connectivity index (χ4n) is 2.99. The summed E-state index contributed by atoms with van der Waals surface area (Å²) in [6, 6.07) is 2.48. The molecule has 1 aromatic heterocycles. The third-order valence-corrected chi connectivity index (χ3v) is 4.44. The van der Waals surface area contributed by atoms with Gasteiger partial charge < -0.3 is 15.5 Å². The first-order valence-corrected chi connectivity index (χ1v) is 8.24. The van der Waals surface area contributed by atoms with Gasteiger partial charge in [-0.1, -0.05) is 13.0 Å². The predicted molar refractivity (Wildman–Crippen MR) is 89.9 cm³/mol. The zero-order valence-corrected chi connectivity index (χ0v) is 13.8. The van der Waals surface area contributed by atoms with Gasteiger partial charge in [-0.25, -0.2) is 4.98 Å². The van der Waals surface area contributed by atoms with Gasteiger partial charge in [0.15, 0.2) is 0 Å². The van der Waals surface area contributed by atoms with Crippen LogP contribution in [0.5, 0.6) is 0 Å². The highest BCUT2D eigenvalue weighted by atomic mass is 15.2. The van der Waals surface area contributed by atoms with E-state index in [1.54, 1.807) is 0 Å². The van der Waals surface area contributed by atoms with E-state index in [1.807, 2.05) is 6.20 Å². The van der Waals surface area contributed by atoms with E-state index in [4.69, 9.17) is 5.73 Å². The van der Waals surface area contributed by atoms with Crippen molar-refractivity contribution in [3.63, 3.8) is 0 Å². The molecule has 0 spiro atoms. The van der Waals surface area contributed by atoms with Crippen molar-refractivity contribution in [3.8, 4) is 0 Å². The second-order valence-electron chi connectivity index (χ2n) is 6.33. The molecule has 1 saturated heterocycles. The molecule has 0 saturated carbocycles. The van der Waals surface area contributed by atoms with Crippen LogP contribution < -0.4 is 10.6 Å². The molecule has 0 bridgehead atoms. The van der Waals surface area contributed by atoms with E-state index in [1.165, 1.54) is 37.1 Å². The molecule has 0 aliphatic carbocycles. The summed E-state index contributed by atoms with van der Waals surface area (Å²) in [6.07, 6.45) is 6.63. The molecular weight excluding hydrogens is 260 g/mol. The Morgan fingerprint density at radius 1 is 1.38 bits per heavy atom. The summed E-state index contributed by atoms with van der Waals surface area (Å²) in [5.74, 6) is 1.10. The van der Waals surface area contributed by atoms with E-state index in [2.05, 4.69) is 41.7 Å². The minimum absolute atomic E-state index is 0.241. The molecule has 2 heterocycles. The molecule has 4 nitrogen and oxygen atoms in total. The number of aryl methyl sites for hydroxylation is 1. The monoisotopic (exact) mass is 290 g/mol. The quantitative estimate of drug-likeness (QED) is 0.836. The molecule has 0 radical (unpaired) electrons. The Labute approximate surface area is 129 Å². The maximum atomic E-state index is 6.03. The Morgan fingerprint density at radius 3 is 2.71 bits per heavy atom. The first-order valence-electron chi connectivity index (χ1n) is 8.24. The summed E-state index contributed by atoms with van der Waals surface area (Å²) in [5.41, 5.74) is 8.53. The lowest BCUT2D eigenvalue weighted by atomic mass is 10.0. The molecule has 21 heavy (non-hydrogen) atoms. The second-order valence-corrected chi connectivity index (χ2v) is 6.33. The Bertz CT molecular complexity index is 440. The number of anilines is 1. The smallest absolute Gasteiger partial charge is 0.131 e. The van der Waals surface area contributed by atoms with Crippen LogP contribution in [0.3, 0.4) is 0 Å². The number of nitrogens with zero attached hydrogens (tertiary/aromatic N) is 3. The average molecular weight is 290 g/mol. The SMILES string of the molecule is CCC(N)Cc1cnc(N(C)CCN2CCCC2)c(C)c1. The molecule has 1 aliphatic heterocycles. The van der Waals surface area contributed by atoms with Crippen molar-refractivity contribution in [2.24, 2.45) is 5.73 Å². The molecule has 1 aromatic rings. The normalized spacial score (nSPS) is 17.1. The van der Waals surface area contributed by atoms with Crippen molar-refractivity contribution in [2.75, 3.05) is 38.1 Å². The molecule has 1 aliphatic rings. The van der Waals surface area contributed by atoms with Gasteiger partial charge in [0.1, 0.15) is 5.82 Å². The van der Waals surface area contributed by atoms with Crippen LogP contribution in [0, 0.1) is 6.92 Å². The van der Waals surface area contributed by atoms with Crippen LogP contribution in [0.4, 0.5) is 5.82 Å². The van der Waals surface area contributed by atoms with Crippen LogP contribution in [0.2, 0.25) is 0 Å². The maximum absolute atomic E-state index is 6.03. The topological polar surface area (TPSA) is 45.4 Å². The molecule has 1 unspecified atom stereocenters. The number of hydrogen-bond acceptors (Lipinski definition) is 4. The van der Waals surface area contributed by atoms with Crippen LogP contribution in [-0.2, 0) is 6.42 Å². The first-order chi connectivity index (χ1) is 10.1. The van der Waals surface area contributed by atoms with Gasteiger partial charge in [0, 0.05) is 32.4 Å². The van der Waals surface area contributed by atoms with Crippen molar-refractivity contribution < 1.29 is 0 Å².